The number of benzene rings is 2. The van der Waals surface area contributed by atoms with Crippen molar-refractivity contribution in [2.45, 2.75) is 18.4 Å². The van der Waals surface area contributed by atoms with E-state index >= 15 is 0 Å². The van der Waals surface area contributed by atoms with Crippen LogP contribution < -0.4 is 11.1 Å². The maximum Gasteiger partial charge on any atom is 0.321 e. The van der Waals surface area contributed by atoms with Crippen molar-refractivity contribution in [3.63, 3.8) is 0 Å². The lowest BCUT2D eigenvalue weighted by Crippen LogP contribution is -2.36. The monoisotopic (exact) mass is 417 g/mol. The van der Waals surface area contributed by atoms with E-state index in [1.54, 1.807) is 12.1 Å². The summed E-state index contributed by atoms with van der Waals surface area (Å²) in [4.78, 5) is 39.4. The van der Waals surface area contributed by atoms with Gasteiger partial charge in [-0.25, -0.2) is 8.42 Å². The summed E-state index contributed by atoms with van der Waals surface area (Å²) in [6.07, 6.45) is 0. The van der Waals surface area contributed by atoms with E-state index in [2.05, 4.69) is 14.7 Å². The molecule has 0 atom stereocenters. The van der Waals surface area contributed by atoms with Crippen molar-refractivity contribution in [3.05, 3.63) is 74.3 Å². The minimum Gasteiger partial charge on any atom is -0.468 e. The summed E-state index contributed by atoms with van der Waals surface area (Å²) in [6, 6.07) is 11.1. The van der Waals surface area contributed by atoms with Crippen LogP contribution in [-0.4, -0.2) is 42.3 Å². The van der Waals surface area contributed by atoms with Crippen molar-refractivity contribution in [1.82, 2.24) is 14.3 Å². The van der Waals surface area contributed by atoms with Gasteiger partial charge in [-0.3, -0.25) is 14.4 Å². The molecule has 0 unspecified atom stereocenters. The number of hydrogen-bond acceptors (Lipinski definition) is 6. The molecule has 29 heavy (non-hydrogen) atoms. The molecule has 0 aliphatic carbocycles. The maximum absolute atomic E-state index is 13.2. The molecular formula is C19H19N3O6S. The maximum atomic E-state index is 13.2. The minimum atomic E-state index is -4.12. The number of methoxy groups -OCH3 is 1. The minimum absolute atomic E-state index is 0.0374. The van der Waals surface area contributed by atoms with Crippen LogP contribution in [0.5, 0.6) is 0 Å². The van der Waals surface area contributed by atoms with Gasteiger partial charge in [-0.2, -0.15) is 4.31 Å². The normalized spacial score (nSPS) is 11.7. The number of aryl methyl sites for hydroxylation is 1. The number of aromatic nitrogens is 2. The first kappa shape index (κ1) is 20.5. The van der Waals surface area contributed by atoms with Gasteiger partial charge in [-0.05, 0) is 36.2 Å². The molecule has 9 nitrogen and oxygen atoms in total. The van der Waals surface area contributed by atoms with Crippen LogP contribution in [0.25, 0.3) is 11.0 Å². The van der Waals surface area contributed by atoms with Crippen molar-refractivity contribution >= 4 is 27.0 Å². The smallest absolute Gasteiger partial charge is 0.321 e. The quantitative estimate of drug-likeness (QED) is 0.453. The van der Waals surface area contributed by atoms with E-state index < -0.39 is 33.7 Å². The lowest BCUT2D eigenvalue weighted by molar-refractivity contribution is -0.140. The van der Waals surface area contributed by atoms with Crippen LogP contribution in [0.3, 0.4) is 0 Å². The van der Waals surface area contributed by atoms with Gasteiger partial charge in [0, 0.05) is 6.54 Å². The molecule has 0 radical (unpaired) electrons. The molecular weight excluding hydrogens is 398 g/mol. The number of aromatic amines is 2. The molecule has 0 aliphatic heterocycles. The molecule has 3 aromatic rings. The molecule has 0 bridgehead atoms. The summed E-state index contributed by atoms with van der Waals surface area (Å²) in [6.45, 7) is 1.33. The summed E-state index contributed by atoms with van der Waals surface area (Å²) < 4.78 is 32.2. The predicted octanol–water partition coefficient (Wildman–Crippen LogP) is 0.889. The Bertz CT molecular complexity index is 1290. The number of H-pyrrole nitrogens is 2. The number of hydrogen-bond donors (Lipinski definition) is 2. The van der Waals surface area contributed by atoms with E-state index in [4.69, 9.17) is 0 Å². The first-order valence-corrected chi connectivity index (χ1v) is 10.0. The zero-order valence-electron chi connectivity index (χ0n) is 15.8. The lowest BCUT2D eigenvalue weighted by Gasteiger charge is -2.22. The molecule has 3 rings (SSSR count). The van der Waals surface area contributed by atoms with Crippen LogP contribution in [0.2, 0.25) is 0 Å². The van der Waals surface area contributed by atoms with Crippen molar-refractivity contribution in [2.75, 3.05) is 13.7 Å². The molecule has 152 valence electrons. The number of esters is 1. The van der Waals surface area contributed by atoms with Crippen LogP contribution in [0.4, 0.5) is 0 Å². The Balaban J connectivity index is 2.07. The number of carbonyl (C=O) groups excluding carboxylic acids is 1. The van der Waals surface area contributed by atoms with Gasteiger partial charge in [0.25, 0.3) is 0 Å². The van der Waals surface area contributed by atoms with Gasteiger partial charge < -0.3 is 14.7 Å². The molecule has 0 amide bonds. The summed E-state index contributed by atoms with van der Waals surface area (Å²) in [5.41, 5.74) is 0.325. The Morgan fingerprint density at radius 2 is 1.69 bits per heavy atom. The molecule has 2 N–H and O–H groups in total. The molecule has 0 spiro atoms. The number of carbonyl (C=O) groups is 1. The molecule has 0 saturated carbocycles. The molecule has 0 fully saturated rings. The average Bonchev–Trinajstić information content (AvgIpc) is 2.69. The van der Waals surface area contributed by atoms with Crippen LogP contribution >= 0.6 is 0 Å². The molecule has 1 aromatic heterocycles. The first-order valence-electron chi connectivity index (χ1n) is 8.60. The topological polar surface area (TPSA) is 129 Å². The number of rotatable bonds is 6. The molecule has 2 aromatic carbocycles. The summed E-state index contributed by atoms with van der Waals surface area (Å²) in [5.74, 6) is -0.708. The second kappa shape index (κ2) is 8.02. The molecule has 0 aliphatic rings. The Hall–Kier alpha value is -3.24. The summed E-state index contributed by atoms with van der Waals surface area (Å²) >= 11 is 0. The van der Waals surface area contributed by atoms with Crippen LogP contribution in [0.1, 0.15) is 11.1 Å². The highest BCUT2D eigenvalue weighted by atomic mass is 32.2. The zero-order valence-corrected chi connectivity index (χ0v) is 16.6. The van der Waals surface area contributed by atoms with Gasteiger partial charge >= 0.3 is 17.1 Å². The van der Waals surface area contributed by atoms with E-state index in [1.807, 2.05) is 19.1 Å². The van der Waals surface area contributed by atoms with Gasteiger partial charge in [0.05, 0.1) is 23.0 Å². The van der Waals surface area contributed by atoms with E-state index in [-0.39, 0.29) is 22.5 Å². The van der Waals surface area contributed by atoms with Gasteiger partial charge in [0.15, 0.2) is 0 Å². The van der Waals surface area contributed by atoms with Gasteiger partial charge in [-0.15, -0.1) is 0 Å². The number of ether oxygens (including phenoxy) is 1. The number of sulfonamides is 1. The lowest BCUT2D eigenvalue weighted by atomic mass is 10.1. The highest BCUT2D eigenvalue weighted by Gasteiger charge is 2.28. The Kier molecular flexibility index (Phi) is 5.66. The Morgan fingerprint density at radius 1 is 1.03 bits per heavy atom. The summed E-state index contributed by atoms with van der Waals surface area (Å²) in [5, 5.41) is 0. The fourth-order valence-corrected chi connectivity index (χ4v) is 4.20. The largest absolute Gasteiger partial charge is 0.468 e. The Morgan fingerprint density at radius 3 is 2.34 bits per heavy atom. The third-order valence-electron chi connectivity index (χ3n) is 4.47. The van der Waals surface area contributed by atoms with E-state index in [9.17, 15) is 22.8 Å². The Labute approximate surface area is 166 Å². The van der Waals surface area contributed by atoms with Crippen molar-refractivity contribution < 1.29 is 17.9 Å². The van der Waals surface area contributed by atoms with E-state index in [0.717, 1.165) is 15.4 Å². The van der Waals surface area contributed by atoms with Crippen LogP contribution in [0, 0.1) is 6.92 Å². The standard InChI is InChI=1S/C19H19N3O6S/c1-12-5-3-4-6-13(12)10-22(11-17(23)28-2)29(26,27)14-7-8-15-16(9-14)21-19(25)18(24)20-15/h3-9H,10-11H2,1-2H3,(H,20,24)(H,21,25). The fraction of sp³-hybridized carbons (Fsp3) is 0.211. The third-order valence-corrected chi connectivity index (χ3v) is 6.26. The summed E-state index contributed by atoms with van der Waals surface area (Å²) in [7, 11) is -2.94. The first-order chi connectivity index (χ1) is 13.7. The second-order valence-corrected chi connectivity index (χ2v) is 8.33. The predicted molar refractivity (Wildman–Crippen MR) is 106 cm³/mol. The SMILES string of the molecule is COC(=O)CN(Cc1ccccc1C)S(=O)(=O)c1ccc2[nH]c(=O)c(=O)[nH]c2c1. The van der Waals surface area contributed by atoms with Crippen molar-refractivity contribution in [1.29, 1.82) is 0 Å². The highest BCUT2D eigenvalue weighted by Crippen LogP contribution is 2.22. The average molecular weight is 417 g/mol. The van der Waals surface area contributed by atoms with Crippen molar-refractivity contribution in [3.8, 4) is 0 Å². The van der Waals surface area contributed by atoms with Gasteiger partial charge in [-0.1, -0.05) is 24.3 Å². The van der Waals surface area contributed by atoms with Crippen molar-refractivity contribution in [2.24, 2.45) is 0 Å². The van der Waals surface area contributed by atoms with Gasteiger partial charge in [0.2, 0.25) is 10.0 Å². The number of nitrogens with zero attached hydrogens (tertiary/aromatic N) is 1. The van der Waals surface area contributed by atoms with E-state index in [1.165, 1.54) is 25.3 Å². The van der Waals surface area contributed by atoms with Crippen LogP contribution in [-0.2, 0) is 26.1 Å². The zero-order chi connectivity index (χ0) is 21.2. The molecule has 10 heteroatoms. The van der Waals surface area contributed by atoms with E-state index in [0.29, 0.717) is 0 Å². The van der Waals surface area contributed by atoms with Crippen LogP contribution in [0.15, 0.2) is 56.9 Å². The second-order valence-electron chi connectivity index (χ2n) is 6.39. The molecule has 1 heterocycles. The number of nitrogens with one attached hydrogen (secondary N) is 2. The third kappa shape index (κ3) is 4.28. The highest BCUT2D eigenvalue weighted by molar-refractivity contribution is 7.89. The molecule has 0 saturated heterocycles. The van der Waals surface area contributed by atoms with Gasteiger partial charge in [0.1, 0.15) is 6.54 Å². The fourth-order valence-electron chi connectivity index (χ4n) is 2.82. The number of fused-ring (bicyclic) bond motifs is 1.